The third-order valence-electron chi connectivity index (χ3n) is 7.17. The molecule has 0 aliphatic carbocycles. The highest BCUT2D eigenvalue weighted by atomic mass is 19.1. The highest BCUT2D eigenvalue weighted by Crippen LogP contribution is 2.34. The number of amides is 3. The fourth-order valence-electron chi connectivity index (χ4n) is 5.33. The molecule has 35 heavy (non-hydrogen) atoms. The molecule has 7 nitrogen and oxygen atoms in total. The molecule has 0 spiro atoms. The van der Waals surface area contributed by atoms with Crippen molar-refractivity contribution in [1.29, 1.82) is 0 Å². The molecular formula is C27H29FN4O3. The van der Waals surface area contributed by atoms with E-state index in [1.165, 1.54) is 17.7 Å². The van der Waals surface area contributed by atoms with Gasteiger partial charge in [-0.05, 0) is 60.2 Å². The molecule has 2 N–H and O–H groups in total. The van der Waals surface area contributed by atoms with Gasteiger partial charge in [-0.15, -0.1) is 0 Å². The lowest BCUT2D eigenvalue weighted by molar-refractivity contribution is -0.136. The van der Waals surface area contributed by atoms with Gasteiger partial charge >= 0.3 is 0 Å². The fraction of sp³-hybridized carbons (Fsp3) is 0.370. The Balaban J connectivity index is 1.17. The van der Waals surface area contributed by atoms with Crippen molar-refractivity contribution in [2.75, 3.05) is 32.7 Å². The van der Waals surface area contributed by atoms with E-state index in [1.54, 1.807) is 24.0 Å². The van der Waals surface area contributed by atoms with E-state index in [2.05, 4.69) is 21.6 Å². The monoisotopic (exact) mass is 476 g/mol. The van der Waals surface area contributed by atoms with Crippen LogP contribution in [0.2, 0.25) is 0 Å². The molecule has 182 valence electrons. The molecule has 3 heterocycles. The molecule has 5 rings (SSSR count). The molecule has 3 aliphatic heterocycles. The summed E-state index contributed by atoms with van der Waals surface area (Å²) in [7, 11) is 0. The summed E-state index contributed by atoms with van der Waals surface area (Å²) in [5.74, 6) is -0.664. The van der Waals surface area contributed by atoms with Gasteiger partial charge in [0.15, 0.2) is 0 Å². The van der Waals surface area contributed by atoms with Crippen LogP contribution in [0, 0.1) is 5.82 Å². The van der Waals surface area contributed by atoms with Crippen LogP contribution in [0.1, 0.15) is 46.4 Å². The Morgan fingerprint density at radius 1 is 1.14 bits per heavy atom. The van der Waals surface area contributed by atoms with Crippen LogP contribution in [-0.2, 0) is 16.0 Å². The first kappa shape index (κ1) is 23.2. The van der Waals surface area contributed by atoms with Crippen LogP contribution in [0.4, 0.5) is 4.39 Å². The Kier molecular flexibility index (Phi) is 6.38. The minimum absolute atomic E-state index is 0.0403. The summed E-state index contributed by atoms with van der Waals surface area (Å²) in [4.78, 5) is 41.9. The molecule has 2 aromatic carbocycles. The van der Waals surface area contributed by atoms with Crippen LogP contribution in [-0.4, -0.2) is 66.3 Å². The molecule has 3 aliphatic rings. The molecule has 2 atom stereocenters. The third-order valence-corrected chi connectivity index (χ3v) is 7.17. The molecule has 8 heteroatoms. The first-order valence-electron chi connectivity index (χ1n) is 12.1. The zero-order chi connectivity index (χ0) is 24.5. The molecule has 0 saturated heterocycles. The third kappa shape index (κ3) is 4.71. The second-order valence-corrected chi connectivity index (χ2v) is 9.38. The Morgan fingerprint density at radius 3 is 2.69 bits per heavy atom. The van der Waals surface area contributed by atoms with E-state index >= 15 is 0 Å². The Morgan fingerprint density at radius 2 is 1.94 bits per heavy atom. The number of nitrogens with one attached hydrogen (secondary N) is 2. The minimum atomic E-state index is -0.637. The summed E-state index contributed by atoms with van der Waals surface area (Å²) in [5, 5.41) is 5.79. The maximum Gasteiger partial charge on any atom is 0.251 e. The largest absolute Gasteiger partial charge is 0.350 e. The number of rotatable bonds is 5. The highest BCUT2D eigenvalue weighted by molar-refractivity contribution is 5.97. The first-order valence-corrected chi connectivity index (χ1v) is 12.1. The summed E-state index contributed by atoms with van der Waals surface area (Å²) in [6.45, 7) is 4.08. The van der Waals surface area contributed by atoms with Gasteiger partial charge in [0.1, 0.15) is 11.9 Å². The van der Waals surface area contributed by atoms with Gasteiger partial charge in [0, 0.05) is 31.7 Å². The molecule has 2 aromatic rings. The van der Waals surface area contributed by atoms with Crippen LogP contribution in [0.15, 0.2) is 48.5 Å². The lowest BCUT2D eigenvalue weighted by Crippen LogP contribution is -2.53. The van der Waals surface area contributed by atoms with E-state index in [0.717, 1.165) is 29.7 Å². The van der Waals surface area contributed by atoms with Crippen LogP contribution in [0.5, 0.6) is 0 Å². The van der Waals surface area contributed by atoms with E-state index in [9.17, 15) is 18.8 Å². The number of benzene rings is 2. The molecular weight excluding hydrogens is 447 g/mol. The molecule has 0 saturated carbocycles. The van der Waals surface area contributed by atoms with Crippen LogP contribution < -0.4 is 10.6 Å². The van der Waals surface area contributed by atoms with E-state index in [4.69, 9.17) is 0 Å². The quantitative estimate of drug-likeness (QED) is 0.694. The molecule has 0 fully saturated rings. The van der Waals surface area contributed by atoms with Gasteiger partial charge in [-0.2, -0.15) is 0 Å². The number of carbonyl (C=O) groups excluding carboxylic acids is 3. The standard InChI is InChI=1S/C27H29FN4O3/c1-17(27(35)31-12-9-19(10-13-31)18-5-7-21(28)8-6-18)30-24(33)16-32-14-11-20-3-2-4-22-25(20)23(32)15-29-26(22)34/h2-9,17,23H,10-16H2,1H3,(H,29,34)(H,30,33). The van der Waals surface area contributed by atoms with Gasteiger partial charge in [-0.1, -0.05) is 30.3 Å². The predicted octanol–water partition coefficient (Wildman–Crippen LogP) is 2.29. The topological polar surface area (TPSA) is 81.8 Å². The second-order valence-electron chi connectivity index (χ2n) is 9.38. The Labute approximate surface area is 204 Å². The van der Waals surface area contributed by atoms with Crippen LogP contribution in [0.3, 0.4) is 0 Å². The summed E-state index contributed by atoms with van der Waals surface area (Å²) >= 11 is 0. The molecule has 0 radical (unpaired) electrons. The number of hydrogen-bond acceptors (Lipinski definition) is 4. The van der Waals surface area contributed by atoms with Crippen molar-refractivity contribution in [2.24, 2.45) is 0 Å². The zero-order valence-electron chi connectivity index (χ0n) is 19.7. The Bertz CT molecular complexity index is 1190. The summed E-state index contributed by atoms with van der Waals surface area (Å²) in [6, 6.07) is 11.5. The summed E-state index contributed by atoms with van der Waals surface area (Å²) in [6.07, 6.45) is 3.45. The maximum atomic E-state index is 13.2. The smallest absolute Gasteiger partial charge is 0.251 e. The fourth-order valence-corrected chi connectivity index (χ4v) is 5.33. The van der Waals surface area contributed by atoms with Gasteiger partial charge in [-0.25, -0.2) is 4.39 Å². The average molecular weight is 477 g/mol. The van der Waals surface area contributed by atoms with E-state index in [1.807, 2.05) is 18.2 Å². The van der Waals surface area contributed by atoms with Crippen molar-refractivity contribution in [3.8, 4) is 0 Å². The second kappa shape index (κ2) is 9.62. The van der Waals surface area contributed by atoms with Crippen molar-refractivity contribution in [2.45, 2.75) is 31.8 Å². The molecule has 2 unspecified atom stereocenters. The Hall–Kier alpha value is -3.52. The van der Waals surface area contributed by atoms with Crippen molar-refractivity contribution in [1.82, 2.24) is 20.4 Å². The summed E-state index contributed by atoms with van der Waals surface area (Å²) in [5.41, 5.74) is 4.93. The lowest BCUT2D eigenvalue weighted by atomic mass is 9.86. The number of carbonyl (C=O) groups is 3. The lowest BCUT2D eigenvalue weighted by Gasteiger charge is -2.40. The van der Waals surface area contributed by atoms with Crippen molar-refractivity contribution in [3.05, 3.63) is 76.6 Å². The molecule has 0 bridgehead atoms. The van der Waals surface area contributed by atoms with Gasteiger partial charge in [0.05, 0.1) is 12.6 Å². The maximum absolute atomic E-state index is 13.2. The SMILES string of the molecule is CC(NC(=O)CN1CCc2cccc3c2C1CNC3=O)C(=O)N1CC=C(c2ccc(F)cc2)CC1. The minimum Gasteiger partial charge on any atom is -0.350 e. The molecule has 0 aromatic heterocycles. The van der Waals surface area contributed by atoms with Gasteiger partial charge < -0.3 is 15.5 Å². The first-order chi connectivity index (χ1) is 16.9. The average Bonchev–Trinajstić information content (AvgIpc) is 2.87. The van der Waals surface area contributed by atoms with Crippen molar-refractivity contribution < 1.29 is 18.8 Å². The summed E-state index contributed by atoms with van der Waals surface area (Å²) < 4.78 is 13.2. The van der Waals surface area contributed by atoms with E-state index in [-0.39, 0.29) is 36.1 Å². The van der Waals surface area contributed by atoms with E-state index in [0.29, 0.717) is 31.6 Å². The normalized spacial score (nSPS) is 20.4. The number of halogens is 1. The van der Waals surface area contributed by atoms with Crippen LogP contribution in [0.25, 0.3) is 5.57 Å². The zero-order valence-corrected chi connectivity index (χ0v) is 19.7. The van der Waals surface area contributed by atoms with Gasteiger partial charge in [0.25, 0.3) is 5.91 Å². The van der Waals surface area contributed by atoms with Crippen molar-refractivity contribution in [3.63, 3.8) is 0 Å². The number of nitrogens with zero attached hydrogens (tertiary/aromatic N) is 2. The van der Waals surface area contributed by atoms with Gasteiger partial charge in [-0.3, -0.25) is 19.3 Å². The van der Waals surface area contributed by atoms with E-state index < -0.39 is 6.04 Å². The predicted molar refractivity (Wildman–Crippen MR) is 130 cm³/mol. The highest BCUT2D eigenvalue weighted by Gasteiger charge is 2.35. The number of hydrogen-bond donors (Lipinski definition) is 2. The van der Waals surface area contributed by atoms with Gasteiger partial charge in [0.2, 0.25) is 11.8 Å². The molecule has 3 amide bonds. The van der Waals surface area contributed by atoms with Crippen LogP contribution >= 0.6 is 0 Å². The van der Waals surface area contributed by atoms with Crippen molar-refractivity contribution >= 4 is 23.3 Å².